The molecule has 0 aromatic carbocycles. The second-order valence-electron chi connectivity index (χ2n) is 4.53. The largest absolute Gasteiger partial charge is 0.363 e. The van der Waals surface area contributed by atoms with Crippen LogP contribution in [0.3, 0.4) is 0 Å². The molecule has 2 unspecified atom stereocenters. The van der Waals surface area contributed by atoms with E-state index < -0.39 is 0 Å². The molecular formula is C12H15BrN4S. The molecule has 18 heavy (non-hydrogen) atoms. The molecule has 3 rings (SSSR count). The summed E-state index contributed by atoms with van der Waals surface area (Å²) >= 11 is 5.39. The molecule has 4 nitrogen and oxygen atoms in total. The summed E-state index contributed by atoms with van der Waals surface area (Å²) in [4.78, 5) is 8.88. The van der Waals surface area contributed by atoms with Gasteiger partial charge >= 0.3 is 0 Å². The van der Waals surface area contributed by atoms with Crippen molar-refractivity contribution in [2.24, 2.45) is 0 Å². The van der Waals surface area contributed by atoms with Gasteiger partial charge in [-0.15, -0.1) is 0 Å². The van der Waals surface area contributed by atoms with Gasteiger partial charge in [-0.05, 0) is 35.0 Å². The molecule has 2 heterocycles. The number of fused-ring (bicyclic) bond motifs is 1. The highest BCUT2D eigenvalue weighted by atomic mass is 79.9. The van der Waals surface area contributed by atoms with Crippen LogP contribution in [0.1, 0.15) is 19.3 Å². The van der Waals surface area contributed by atoms with Crippen LogP contribution in [0.25, 0.3) is 5.65 Å². The maximum atomic E-state index is 4.52. The maximum absolute atomic E-state index is 4.52. The monoisotopic (exact) mass is 326 g/mol. The first-order valence-corrected chi connectivity index (χ1v) is 8.14. The third-order valence-corrected chi connectivity index (χ3v) is 4.97. The summed E-state index contributed by atoms with van der Waals surface area (Å²) < 4.78 is 2.82. The summed E-state index contributed by atoms with van der Waals surface area (Å²) in [6.07, 6.45) is 11.6. The molecule has 2 aromatic heterocycles. The number of halogens is 1. The molecular weight excluding hydrogens is 312 g/mol. The zero-order valence-corrected chi connectivity index (χ0v) is 12.5. The number of aromatic nitrogens is 3. The third-order valence-electron chi connectivity index (χ3n) is 3.42. The number of rotatable bonds is 3. The second kappa shape index (κ2) is 5.09. The molecule has 2 aromatic rings. The molecule has 1 fully saturated rings. The molecule has 0 spiro atoms. The van der Waals surface area contributed by atoms with Gasteiger partial charge in [-0.3, -0.25) is 0 Å². The number of thioether (sulfide) groups is 1. The van der Waals surface area contributed by atoms with Crippen LogP contribution in [-0.4, -0.2) is 31.9 Å². The lowest BCUT2D eigenvalue weighted by atomic mass is 10.2. The minimum absolute atomic E-state index is 0.502. The van der Waals surface area contributed by atoms with Crippen LogP contribution in [0.5, 0.6) is 0 Å². The van der Waals surface area contributed by atoms with E-state index in [1.807, 2.05) is 28.6 Å². The van der Waals surface area contributed by atoms with Crippen molar-refractivity contribution in [1.29, 1.82) is 0 Å². The number of hydrogen-bond donors (Lipinski definition) is 1. The first kappa shape index (κ1) is 12.3. The Labute approximate surface area is 119 Å². The Morgan fingerprint density at radius 1 is 1.50 bits per heavy atom. The minimum atomic E-state index is 0.502. The van der Waals surface area contributed by atoms with Gasteiger partial charge in [0.25, 0.3) is 0 Å². The van der Waals surface area contributed by atoms with Crippen molar-refractivity contribution in [3.8, 4) is 0 Å². The summed E-state index contributed by atoms with van der Waals surface area (Å²) in [5, 5.41) is 4.25. The van der Waals surface area contributed by atoms with Gasteiger partial charge in [0.1, 0.15) is 4.60 Å². The minimum Gasteiger partial charge on any atom is -0.363 e. The summed E-state index contributed by atoms with van der Waals surface area (Å²) in [6, 6.07) is 0.502. The van der Waals surface area contributed by atoms with Crippen LogP contribution in [0.15, 0.2) is 23.2 Å². The quantitative estimate of drug-likeness (QED) is 0.940. The topological polar surface area (TPSA) is 42.2 Å². The van der Waals surface area contributed by atoms with Crippen molar-refractivity contribution < 1.29 is 0 Å². The van der Waals surface area contributed by atoms with Crippen LogP contribution in [0.4, 0.5) is 5.82 Å². The van der Waals surface area contributed by atoms with E-state index in [9.17, 15) is 0 Å². The van der Waals surface area contributed by atoms with E-state index in [1.54, 1.807) is 6.20 Å². The SMILES string of the molecule is CSC1CCCC1Nc1nc(Br)cn2ccnc12. The molecule has 0 radical (unpaired) electrons. The number of hydrogen-bond acceptors (Lipinski definition) is 4. The Kier molecular flexibility index (Phi) is 3.48. The predicted octanol–water partition coefficient (Wildman–Crippen LogP) is 3.19. The first-order chi connectivity index (χ1) is 8.78. The van der Waals surface area contributed by atoms with Gasteiger partial charge in [-0.25, -0.2) is 9.97 Å². The van der Waals surface area contributed by atoms with Gasteiger partial charge in [0, 0.05) is 29.9 Å². The fourth-order valence-corrected chi connectivity index (χ4v) is 3.88. The van der Waals surface area contributed by atoms with Crippen molar-refractivity contribution in [2.75, 3.05) is 11.6 Å². The van der Waals surface area contributed by atoms with E-state index in [1.165, 1.54) is 19.3 Å². The van der Waals surface area contributed by atoms with E-state index in [-0.39, 0.29) is 0 Å². The van der Waals surface area contributed by atoms with Crippen molar-refractivity contribution in [2.45, 2.75) is 30.6 Å². The summed E-state index contributed by atoms with van der Waals surface area (Å²) in [5.41, 5.74) is 0.893. The van der Waals surface area contributed by atoms with Gasteiger partial charge in [0.05, 0.1) is 0 Å². The van der Waals surface area contributed by atoms with Gasteiger partial charge in [-0.2, -0.15) is 11.8 Å². The average Bonchev–Trinajstić information content (AvgIpc) is 2.96. The van der Waals surface area contributed by atoms with Crippen molar-refractivity contribution in [1.82, 2.24) is 14.4 Å². The van der Waals surface area contributed by atoms with Gasteiger partial charge in [0.2, 0.25) is 0 Å². The van der Waals surface area contributed by atoms with Crippen molar-refractivity contribution in [3.05, 3.63) is 23.2 Å². The van der Waals surface area contributed by atoms with Crippen molar-refractivity contribution in [3.63, 3.8) is 0 Å². The number of nitrogens with one attached hydrogen (secondary N) is 1. The molecule has 0 amide bonds. The molecule has 2 atom stereocenters. The summed E-state index contributed by atoms with van der Waals surface area (Å²) in [6.45, 7) is 0. The maximum Gasteiger partial charge on any atom is 0.180 e. The lowest BCUT2D eigenvalue weighted by molar-refractivity contribution is 0.762. The highest BCUT2D eigenvalue weighted by Gasteiger charge is 2.27. The molecule has 0 saturated heterocycles. The Hall–Kier alpha value is -0.750. The fourth-order valence-electron chi connectivity index (χ4n) is 2.55. The lowest BCUT2D eigenvalue weighted by Crippen LogP contribution is -2.26. The summed E-state index contributed by atoms with van der Waals surface area (Å²) in [5.74, 6) is 0.875. The number of imidazole rings is 1. The molecule has 96 valence electrons. The van der Waals surface area contributed by atoms with Crippen LogP contribution in [0, 0.1) is 0 Å². The lowest BCUT2D eigenvalue weighted by Gasteiger charge is -2.20. The third kappa shape index (κ3) is 2.23. The van der Waals surface area contributed by atoms with E-state index in [0.29, 0.717) is 11.3 Å². The smallest absolute Gasteiger partial charge is 0.180 e. The van der Waals surface area contributed by atoms with Crippen LogP contribution in [-0.2, 0) is 0 Å². The normalized spacial score (nSPS) is 23.7. The molecule has 0 aliphatic heterocycles. The first-order valence-electron chi connectivity index (χ1n) is 6.06. The zero-order valence-electron chi connectivity index (χ0n) is 10.1. The Bertz CT molecular complexity index is 556. The van der Waals surface area contributed by atoms with Crippen LogP contribution >= 0.6 is 27.7 Å². The highest BCUT2D eigenvalue weighted by molar-refractivity contribution is 9.10. The van der Waals surface area contributed by atoms with Gasteiger partial charge in [-0.1, -0.05) is 6.42 Å². The van der Waals surface area contributed by atoms with E-state index >= 15 is 0 Å². The zero-order chi connectivity index (χ0) is 12.5. The predicted molar refractivity (Wildman–Crippen MR) is 79.3 cm³/mol. The van der Waals surface area contributed by atoms with Gasteiger partial charge < -0.3 is 9.72 Å². The fraction of sp³-hybridized carbons (Fsp3) is 0.500. The summed E-state index contributed by atoms with van der Waals surface area (Å²) in [7, 11) is 0. The van der Waals surface area contributed by atoms with Crippen molar-refractivity contribution >= 4 is 39.2 Å². The average molecular weight is 327 g/mol. The van der Waals surface area contributed by atoms with E-state index in [0.717, 1.165) is 16.1 Å². The Balaban J connectivity index is 1.92. The Morgan fingerprint density at radius 2 is 2.39 bits per heavy atom. The molecule has 0 bridgehead atoms. The molecule has 6 heteroatoms. The molecule has 1 aliphatic carbocycles. The number of nitrogens with zero attached hydrogens (tertiary/aromatic N) is 3. The second-order valence-corrected chi connectivity index (χ2v) is 6.42. The molecule has 1 saturated carbocycles. The van der Waals surface area contributed by atoms with E-state index in [2.05, 4.69) is 37.5 Å². The number of anilines is 1. The molecule has 1 aliphatic rings. The van der Waals surface area contributed by atoms with Crippen LogP contribution < -0.4 is 5.32 Å². The molecule has 1 N–H and O–H groups in total. The van der Waals surface area contributed by atoms with E-state index in [4.69, 9.17) is 0 Å². The standard InChI is InChI=1S/C12H15BrN4S/c1-18-9-4-2-3-8(9)15-11-12-14-5-6-17(12)7-10(13)16-11/h5-9H,2-4H2,1H3,(H,15,16). The van der Waals surface area contributed by atoms with Crippen LogP contribution in [0.2, 0.25) is 0 Å². The Morgan fingerprint density at radius 3 is 3.22 bits per heavy atom. The van der Waals surface area contributed by atoms with Gasteiger partial charge in [0.15, 0.2) is 11.5 Å². The highest BCUT2D eigenvalue weighted by Crippen LogP contribution is 2.31.